The fourth-order valence-corrected chi connectivity index (χ4v) is 3.07. The van der Waals surface area contributed by atoms with Gasteiger partial charge in [-0.05, 0) is 31.2 Å². The maximum absolute atomic E-state index is 12.4. The van der Waals surface area contributed by atoms with Gasteiger partial charge in [0.15, 0.2) is 5.82 Å². The Kier molecular flexibility index (Phi) is 6.60. The van der Waals surface area contributed by atoms with Crippen molar-refractivity contribution in [2.45, 2.75) is 51.9 Å². The SMILES string of the molecule is CCCNC(=O)N1CCCCC1c1noc(COCc2ccccc2)n1. The molecule has 26 heavy (non-hydrogen) atoms. The number of benzene rings is 1. The van der Waals surface area contributed by atoms with Gasteiger partial charge in [0.1, 0.15) is 6.61 Å². The highest BCUT2D eigenvalue weighted by Crippen LogP contribution is 2.29. The molecule has 140 valence electrons. The molecule has 1 aromatic heterocycles. The lowest BCUT2D eigenvalue weighted by atomic mass is 10.0. The van der Waals surface area contributed by atoms with E-state index in [1.807, 2.05) is 42.2 Å². The van der Waals surface area contributed by atoms with Crippen molar-refractivity contribution in [3.05, 3.63) is 47.6 Å². The predicted molar refractivity (Wildman–Crippen MR) is 96.2 cm³/mol. The highest BCUT2D eigenvalue weighted by molar-refractivity contribution is 5.74. The van der Waals surface area contributed by atoms with E-state index in [0.29, 0.717) is 31.4 Å². The van der Waals surface area contributed by atoms with Gasteiger partial charge < -0.3 is 19.5 Å². The van der Waals surface area contributed by atoms with Crippen molar-refractivity contribution in [3.63, 3.8) is 0 Å². The average Bonchev–Trinajstić information content (AvgIpc) is 3.16. The van der Waals surface area contributed by atoms with Gasteiger partial charge >= 0.3 is 6.03 Å². The van der Waals surface area contributed by atoms with Crippen LogP contribution in [0.5, 0.6) is 0 Å². The molecule has 1 unspecified atom stereocenters. The Hall–Kier alpha value is -2.41. The molecular formula is C19H26N4O3. The molecule has 0 spiro atoms. The number of aromatic nitrogens is 2. The smallest absolute Gasteiger partial charge is 0.318 e. The van der Waals surface area contributed by atoms with Crippen molar-refractivity contribution in [2.75, 3.05) is 13.1 Å². The quantitative estimate of drug-likeness (QED) is 0.820. The third kappa shape index (κ3) is 4.82. The summed E-state index contributed by atoms with van der Waals surface area (Å²) in [4.78, 5) is 18.7. The molecule has 1 aromatic carbocycles. The van der Waals surface area contributed by atoms with Crippen LogP contribution in [0.4, 0.5) is 4.79 Å². The van der Waals surface area contributed by atoms with Crippen molar-refractivity contribution in [2.24, 2.45) is 0 Å². The Balaban J connectivity index is 1.57. The van der Waals surface area contributed by atoms with Crippen LogP contribution >= 0.6 is 0 Å². The largest absolute Gasteiger partial charge is 0.367 e. The first-order valence-corrected chi connectivity index (χ1v) is 9.26. The van der Waals surface area contributed by atoms with Crippen molar-refractivity contribution in [1.29, 1.82) is 0 Å². The fraction of sp³-hybridized carbons (Fsp3) is 0.526. The molecule has 1 aliphatic heterocycles. The summed E-state index contributed by atoms with van der Waals surface area (Å²) in [5.41, 5.74) is 1.10. The molecular weight excluding hydrogens is 332 g/mol. The van der Waals surface area contributed by atoms with E-state index in [0.717, 1.165) is 31.2 Å². The summed E-state index contributed by atoms with van der Waals surface area (Å²) in [6.45, 7) is 4.18. The molecule has 2 amide bonds. The first-order chi connectivity index (χ1) is 12.8. The number of carbonyl (C=O) groups excluding carboxylic acids is 1. The minimum atomic E-state index is -0.132. The predicted octanol–water partition coefficient (Wildman–Crippen LogP) is 3.43. The summed E-state index contributed by atoms with van der Waals surface area (Å²) >= 11 is 0. The topological polar surface area (TPSA) is 80.5 Å². The van der Waals surface area contributed by atoms with Crippen LogP contribution in [-0.2, 0) is 18.0 Å². The van der Waals surface area contributed by atoms with Gasteiger partial charge in [-0.3, -0.25) is 0 Å². The first kappa shape index (κ1) is 18.4. The molecule has 7 nitrogen and oxygen atoms in total. The molecule has 2 heterocycles. The molecule has 0 bridgehead atoms. The first-order valence-electron chi connectivity index (χ1n) is 9.26. The second-order valence-corrected chi connectivity index (χ2v) is 6.46. The van der Waals surface area contributed by atoms with E-state index in [-0.39, 0.29) is 18.7 Å². The van der Waals surface area contributed by atoms with E-state index in [4.69, 9.17) is 9.26 Å². The number of nitrogens with one attached hydrogen (secondary N) is 1. The molecule has 1 atom stereocenters. The number of nitrogens with zero attached hydrogens (tertiary/aromatic N) is 3. The minimum absolute atomic E-state index is 0.0526. The number of ether oxygens (including phenoxy) is 1. The van der Waals surface area contributed by atoms with E-state index < -0.39 is 0 Å². The molecule has 0 radical (unpaired) electrons. The maximum Gasteiger partial charge on any atom is 0.318 e. The van der Waals surface area contributed by atoms with Gasteiger partial charge in [0.25, 0.3) is 5.89 Å². The molecule has 2 aromatic rings. The average molecular weight is 358 g/mol. The van der Waals surface area contributed by atoms with Crippen LogP contribution in [0, 0.1) is 0 Å². The van der Waals surface area contributed by atoms with Crippen LogP contribution in [0.2, 0.25) is 0 Å². The molecule has 1 fully saturated rings. The number of likely N-dealkylation sites (tertiary alicyclic amines) is 1. The summed E-state index contributed by atoms with van der Waals surface area (Å²) in [5, 5.41) is 7.03. The number of piperidine rings is 1. The fourth-order valence-electron chi connectivity index (χ4n) is 3.07. The molecule has 7 heteroatoms. The second-order valence-electron chi connectivity index (χ2n) is 6.46. The standard InChI is InChI=1S/C19H26N4O3/c1-2-11-20-19(24)23-12-7-6-10-16(23)18-21-17(26-22-18)14-25-13-15-8-4-3-5-9-15/h3-5,8-9,16H,2,6-7,10-14H2,1H3,(H,20,24). The highest BCUT2D eigenvalue weighted by Gasteiger charge is 2.31. The molecule has 3 rings (SSSR count). The number of urea groups is 1. The van der Waals surface area contributed by atoms with Crippen LogP contribution in [0.15, 0.2) is 34.9 Å². The Bertz CT molecular complexity index is 689. The minimum Gasteiger partial charge on any atom is -0.367 e. The third-order valence-electron chi connectivity index (χ3n) is 4.41. The number of amides is 2. The summed E-state index contributed by atoms with van der Waals surface area (Å²) in [5.74, 6) is 1.00. The summed E-state index contributed by atoms with van der Waals surface area (Å²) in [7, 11) is 0. The van der Waals surface area contributed by atoms with Gasteiger partial charge in [-0.15, -0.1) is 0 Å². The monoisotopic (exact) mass is 358 g/mol. The van der Waals surface area contributed by atoms with Gasteiger partial charge in [0, 0.05) is 13.1 Å². The van der Waals surface area contributed by atoms with Crippen LogP contribution in [-0.4, -0.2) is 34.2 Å². The third-order valence-corrected chi connectivity index (χ3v) is 4.41. The Morgan fingerprint density at radius 1 is 1.31 bits per heavy atom. The van der Waals surface area contributed by atoms with E-state index in [9.17, 15) is 4.79 Å². The zero-order valence-electron chi connectivity index (χ0n) is 15.2. The summed E-state index contributed by atoms with van der Waals surface area (Å²) in [6.07, 6.45) is 3.82. The number of hydrogen-bond donors (Lipinski definition) is 1. The van der Waals surface area contributed by atoms with Crippen molar-refractivity contribution in [1.82, 2.24) is 20.4 Å². The van der Waals surface area contributed by atoms with Crippen LogP contribution in [0.1, 0.15) is 55.9 Å². The molecule has 1 saturated heterocycles. The zero-order chi connectivity index (χ0) is 18.2. The Morgan fingerprint density at radius 2 is 2.15 bits per heavy atom. The van der Waals surface area contributed by atoms with Gasteiger partial charge in [0.05, 0.1) is 12.6 Å². The normalized spacial score (nSPS) is 17.3. The molecule has 0 aliphatic carbocycles. The summed E-state index contributed by atoms with van der Waals surface area (Å²) < 4.78 is 11.0. The van der Waals surface area contributed by atoms with E-state index in [2.05, 4.69) is 15.5 Å². The van der Waals surface area contributed by atoms with Gasteiger partial charge in [-0.2, -0.15) is 4.98 Å². The van der Waals surface area contributed by atoms with Crippen molar-refractivity contribution < 1.29 is 14.1 Å². The number of carbonyl (C=O) groups is 1. The molecule has 0 saturated carbocycles. The van der Waals surface area contributed by atoms with Crippen LogP contribution in [0.3, 0.4) is 0 Å². The lowest BCUT2D eigenvalue weighted by Crippen LogP contribution is -2.45. The number of hydrogen-bond acceptors (Lipinski definition) is 5. The highest BCUT2D eigenvalue weighted by atomic mass is 16.5. The van der Waals surface area contributed by atoms with E-state index >= 15 is 0 Å². The van der Waals surface area contributed by atoms with Crippen molar-refractivity contribution in [3.8, 4) is 0 Å². The zero-order valence-corrected chi connectivity index (χ0v) is 15.2. The molecule has 1 N–H and O–H groups in total. The van der Waals surface area contributed by atoms with Gasteiger partial charge in [-0.1, -0.05) is 42.4 Å². The van der Waals surface area contributed by atoms with E-state index in [1.54, 1.807) is 0 Å². The maximum atomic E-state index is 12.4. The van der Waals surface area contributed by atoms with Crippen molar-refractivity contribution >= 4 is 6.03 Å². The Morgan fingerprint density at radius 3 is 2.96 bits per heavy atom. The van der Waals surface area contributed by atoms with Crippen LogP contribution < -0.4 is 5.32 Å². The van der Waals surface area contributed by atoms with Crippen LogP contribution in [0.25, 0.3) is 0 Å². The van der Waals surface area contributed by atoms with E-state index in [1.165, 1.54) is 0 Å². The van der Waals surface area contributed by atoms with Gasteiger partial charge in [-0.25, -0.2) is 4.79 Å². The second kappa shape index (κ2) is 9.33. The lowest BCUT2D eigenvalue weighted by Gasteiger charge is -2.33. The lowest BCUT2D eigenvalue weighted by molar-refractivity contribution is 0.0850. The number of rotatable bonds is 7. The summed E-state index contributed by atoms with van der Waals surface area (Å²) in [6, 6.07) is 9.76. The Labute approximate surface area is 153 Å². The molecule has 1 aliphatic rings. The van der Waals surface area contributed by atoms with Gasteiger partial charge in [0.2, 0.25) is 0 Å².